The largest absolute Gasteiger partial charge is 0.493 e. The highest BCUT2D eigenvalue weighted by molar-refractivity contribution is 7.07. The predicted molar refractivity (Wildman–Crippen MR) is 95.8 cm³/mol. The van der Waals surface area contributed by atoms with Crippen LogP contribution in [0.1, 0.15) is 27.9 Å². The van der Waals surface area contributed by atoms with Crippen LogP contribution in [0.15, 0.2) is 18.2 Å². The molecule has 0 atom stereocenters. The van der Waals surface area contributed by atoms with Crippen LogP contribution in [0.2, 0.25) is 0 Å². The zero-order valence-electron chi connectivity index (χ0n) is 14.9. The minimum Gasteiger partial charge on any atom is -0.493 e. The van der Waals surface area contributed by atoms with Crippen molar-refractivity contribution in [3.63, 3.8) is 0 Å². The molecule has 8 nitrogen and oxygen atoms in total. The van der Waals surface area contributed by atoms with E-state index in [-0.39, 0.29) is 12.5 Å². The first-order valence-electron chi connectivity index (χ1n) is 8.05. The molecule has 1 heterocycles. The molecule has 140 valence electrons. The lowest BCUT2D eigenvalue weighted by Gasteiger charge is -2.10. The molecule has 0 fully saturated rings. The van der Waals surface area contributed by atoms with Gasteiger partial charge in [-0.2, -0.15) is 0 Å². The highest BCUT2D eigenvalue weighted by Gasteiger charge is 2.17. The van der Waals surface area contributed by atoms with E-state index in [1.165, 1.54) is 0 Å². The topological polar surface area (TPSA) is 99.6 Å². The lowest BCUT2D eigenvalue weighted by molar-refractivity contribution is -0.124. The summed E-state index contributed by atoms with van der Waals surface area (Å²) in [4.78, 5) is 24.1. The predicted octanol–water partition coefficient (Wildman–Crippen LogP) is 1.63. The number of ether oxygens (including phenoxy) is 3. The number of amides is 1. The van der Waals surface area contributed by atoms with Crippen molar-refractivity contribution in [3.8, 4) is 11.5 Å². The SMILES string of the molecule is CCc1nnsc1C(=O)OCC(=O)NCCc1ccc(OC)c(OC)c1. The first kappa shape index (κ1) is 19.6. The Balaban J connectivity index is 1.76. The van der Waals surface area contributed by atoms with Crippen LogP contribution in [0.5, 0.6) is 11.5 Å². The molecule has 2 aromatic rings. The minimum atomic E-state index is -0.577. The summed E-state index contributed by atoms with van der Waals surface area (Å²) in [7, 11) is 3.14. The maximum absolute atomic E-state index is 11.9. The van der Waals surface area contributed by atoms with E-state index in [1.807, 2.05) is 25.1 Å². The molecule has 0 saturated heterocycles. The zero-order valence-corrected chi connectivity index (χ0v) is 15.7. The number of methoxy groups -OCH3 is 2. The van der Waals surface area contributed by atoms with Gasteiger partial charge in [-0.1, -0.05) is 17.5 Å². The summed E-state index contributed by atoms with van der Waals surface area (Å²) >= 11 is 0.966. The van der Waals surface area contributed by atoms with E-state index in [0.717, 1.165) is 17.1 Å². The number of aryl methyl sites for hydroxylation is 1. The number of aromatic nitrogens is 2. The van der Waals surface area contributed by atoms with Gasteiger partial charge in [-0.15, -0.1) is 5.10 Å². The van der Waals surface area contributed by atoms with E-state index < -0.39 is 5.97 Å². The molecular formula is C17H21N3O5S. The molecule has 0 spiro atoms. The van der Waals surface area contributed by atoms with Gasteiger partial charge in [0.2, 0.25) is 0 Å². The molecule has 0 radical (unpaired) electrons. The maximum Gasteiger partial charge on any atom is 0.352 e. The number of hydrogen-bond donors (Lipinski definition) is 1. The van der Waals surface area contributed by atoms with Gasteiger partial charge in [0.1, 0.15) is 0 Å². The number of hydrogen-bond acceptors (Lipinski definition) is 8. The third-order valence-electron chi connectivity index (χ3n) is 3.59. The first-order chi connectivity index (χ1) is 12.6. The van der Waals surface area contributed by atoms with Gasteiger partial charge in [0.25, 0.3) is 5.91 Å². The first-order valence-corrected chi connectivity index (χ1v) is 8.82. The van der Waals surface area contributed by atoms with Gasteiger partial charge >= 0.3 is 5.97 Å². The van der Waals surface area contributed by atoms with Gasteiger partial charge in [-0.05, 0) is 42.1 Å². The number of rotatable bonds is 9. The number of nitrogens with zero attached hydrogens (tertiary/aromatic N) is 2. The van der Waals surface area contributed by atoms with Crippen molar-refractivity contribution in [2.24, 2.45) is 0 Å². The lowest BCUT2D eigenvalue weighted by atomic mass is 10.1. The fraction of sp³-hybridized carbons (Fsp3) is 0.412. The Morgan fingerprint density at radius 2 is 1.96 bits per heavy atom. The van der Waals surface area contributed by atoms with Gasteiger partial charge in [0.05, 0.1) is 19.9 Å². The molecule has 1 aromatic carbocycles. The third kappa shape index (κ3) is 5.16. The van der Waals surface area contributed by atoms with Crippen molar-refractivity contribution in [2.45, 2.75) is 19.8 Å². The van der Waals surface area contributed by atoms with Crippen LogP contribution in [0, 0.1) is 0 Å². The average Bonchev–Trinajstić information content (AvgIpc) is 3.14. The molecule has 1 amide bonds. The van der Waals surface area contributed by atoms with Crippen molar-refractivity contribution >= 4 is 23.4 Å². The molecule has 0 bridgehead atoms. The minimum absolute atomic E-state index is 0.339. The summed E-state index contributed by atoms with van der Waals surface area (Å²) < 4.78 is 19.2. The summed E-state index contributed by atoms with van der Waals surface area (Å²) in [6, 6.07) is 5.57. The molecule has 1 aromatic heterocycles. The highest BCUT2D eigenvalue weighted by atomic mass is 32.1. The summed E-state index contributed by atoms with van der Waals surface area (Å²) in [5, 5.41) is 6.55. The smallest absolute Gasteiger partial charge is 0.352 e. The van der Waals surface area contributed by atoms with Gasteiger partial charge in [0.15, 0.2) is 23.0 Å². The number of carbonyl (C=O) groups excluding carboxylic acids is 2. The number of nitrogens with one attached hydrogen (secondary N) is 1. The third-order valence-corrected chi connectivity index (χ3v) is 4.34. The lowest BCUT2D eigenvalue weighted by Crippen LogP contribution is -2.30. The van der Waals surface area contributed by atoms with Crippen molar-refractivity contribution in [3.05, 3.63) is 34.3 Å². The maximum atomic E-state index is 11.9. The summed E-state index contributed by atoms with van der Waals surface area (Å²) in [6.45, 7) is 1.94. The number of esters is 1. The van der Waals surface area contributed by atoms with Crippen molar-refractivity contribution < 1.29 is 23.8 Å². The second-order valence-corrected chi connectivity index (χ2v) is 6.02. The van der Waals surface area contributed by atoms with E-state index in [9.17, 15) is 9.59 Å². The van der Waals surface area contributed by atoms with Gasteiger partial charge in [0, 0.05) is 6.54 Å². The molecule has 0 aliphatic heterocycles. The molecule has 2 rings (SSSR count). The van der Waals surface area contributed by atoms with Crippen LogP contribution in [0.25, 0.3) is 0 Å². The Bertz CT molecular complexity index is 763. The van der Waals surface area contributed by atoms with Crippen LogP contribution in [0.3, 0.4) is 0 Å². The standard InChI is InChI=1S/C17H21N3O5S/c1-4-12-16(26-20-19-12)17(22)25-10-15(21)18-8-7-11-5-6-13(23-2)14(9-11)24-3/h5-6,9H,4,7-8,10H2,1-3H3,(H,18,21). The molecule has 9 heteroatoms. The molecule has 26 heavy (non-hydrogen) atoms. The molecule has 0 aliphatic rings. The van der Waals surface area contributed by atoms with E-state index in [4.69, 9.17) is 14.2 Å². The van der Waals surface area contributed by atoms with Crippen LogP contribution in [-0.4, -0.2) is 48.8 Å². The van der Waals surface area contributed by atoms with Gasteiger partial charge < -0.3 is 19.5 Å². The normalized spacial score (nSPS) is 10.3. The van der Waals surface area contributed by atoms with Crippen molar-refractivity contribution in [1.29, 1.82) is 0 Å². The molecule has 0 saturated carbocycles. The fourth-order valence-electron chi connectivity index (χ4n) is 2.23. The van der Waals surface area contributed by atoms with Gasteiger partial charge in [-0.3, -0.25) is 4.79 Å². The van der Waals surface area contributed by atoms with Gasteiger partial charge in [-0.25, -0.2) is 4.79 Å². The Labute approximate surface area is 155 Å². The summed E-state index contributed by atoms with van der Waals surface area (Å²) in [5.41, 5.74) is 1.57. The van der Waals surface area contributed by atoms with Crippen LogP contribution in [-0.2, 0) is 22.4 Å². The average molecular weight is 379 g/mol. The molecular weight excluding hydrogens is 358 g/mol. The zero-order chi connectivity index (χ0) is 18.9. The van der Waals surface area contributed by atoms with Crippen LogP contribution >= 0.6 is 11.5 Å². The molecule has 0 aliphatic carbocycles. The number of benzene rings is 1. The Morgan fingerprint density at radius 1 is 1.19 bits per heavy atom. The summed E-state index contributed by atoms with van der Waals surface area (Å²) in [6.07, 6.45) is 1.19. The second-order valence-electron chi connectivity index (χ2n) is 5.27. The number of carbonyl (C=O) groups is 2. The van der Waals surface area contributed by atoms with Crippen molar-refractivity contribution in [2.75, 3.05) is 27.4 Å². The van der Waals surface area contributed by atoms with Crippen LogP contribution in [0.4, 0.5) is 0 Å². The second kappa shape index (κ2) is 9.71. The summed E-state index contributed by atoms with van der Waals surface area (Å²) in [5.74, 6) is 0.340. The Hall–Kier alpha value is -2.68. The molecule has 0 unspecified atom stereocenters. The highest BCUT2D eigenvalue weighted by Crippen LogP contribution is 2.27. The van der Waals surface area contributed by atoms with E-state index in [1.54, 1.807) is 14.2 Å². The van der Waals surface area contributed by atoms with E-state index in [2.05, 4.69) is 14.9 Å². The monoisotopic (exact) mass is 379 g/mol. The van der Waals surface area contributed by atoms with Crippen molar-refractivity contribution in [1.82, 2.24) is 14.9 Å². The van der Waals surface area contributed by atoms with Crippen LogP contribution < -0.4 is 14.8 Å². The Kier molecular flexibility index (Phi) is 7.34. The van der Waals surface area contributed by atoms with E-state index >= 15 is 0 Å². The molecule has 1 N–H and O–H groups in total. The Morgan fingerprint density at radius 3 is 2.65 bits per heavy atom. The quantitative estimate of drug-likeness (QED) is 0.661. The van der Waals surface area contributed by atoms with E-state index in [0.29, 0.717) is 41.5 Å². The fourth-order valence-corrected chi connectivity index (χ4v) is 2.87.